The highest BCUT2D eigenvalue weighted by atomic mass is 19.4. The number of amides is 2. The first-order chi connectivity index (χ1) is 21.7. The molecule has 7 rings (SSSR count). The van der Waals surface area contributed by atoms with E-state index in [0.29, 0.717) is 37.5 Å². The Balaban J connectivity index is 1.34. The Morgan fingerprint density at radius 1 is 0.867 bits per heavy atom. The number of halogens is 3. The van der Waals surface area contributed by atoms with Gasteiger partial charge in [0.1, 0.15) is 5.75 Å². The molecular formula is C30H35F3N8O4. The topological polar surface area (TPSA) is 151 Å². The SMILES string of the molecule is O=C1N[C@H]2CNC[C@@H]2C(=O)NCCCCCCOc2ccc(cc2)CNc2nc(nc(OCC(F)(F)F)n2)Nc2ccc1cc2. The number of hydrogen-bond acceptors (Lipinski definition) is 10. The van der Waals surface area contributed by atoms with Crippen molar-refractivity contribution in [1.29, 1.82) is 0 Å². The molecule has 12 nitrogen and oxygen atoms in total. The van der Waals surface area contributed by atoms with E-state index in [1.54, 1.807) is 24.3 Å². The van der Waals surface area contributed by atoms with E-state index in [9.17, 15) is 22.8 Å². The first-order valence-electron chi connectivity index (χ1n) is 14.8. The summed E-state index contributed by atoms with van der Waals surface area (Å²) in [6.07, 6.45) is -0.958. The maximum atomic E-state index is 13.0. The van der Waals surface area contributed by atoms with Gasteiger partial charge in [0.2, 0.25) is 17.8 Å². The second-order valence-corrected chi connectivity index (χ2v) is 10.8. The van der Waals surface area contributed by atoms with Gasteiger partial charge in [0.15, 0.2) is 6.61 Å². The van der Waals surface area contributed by atoms with Crippen LogP contribution >= 0.6 is 0 Å². The summed E-state index contributed by atoms with van der Waals surface area (Å²) in [6, 6.07) is 12.9. The van der Waals surface area contributed by atoms with Gasteiger partial charge in [-0.05, 0) is 54.8 Å². The van der Waals surface area contributed by atoms with Crippen LogP contribution in [0, 0.1) is 5.92 Å². The summed E-state index contributed by atoms with van der Waals surface area (Å²) < 4.78 is 49.1. The number of benzene rings is 2. The van der Waals surface area contributed by atoms with Crippen LogP contribution < -0.4 is 36.1 Å². The van der Waals surface area contributed by atoms with Gasteiger partial charge in [0.25, 0.3) is 5.91 Å². The number of carbonyl (C=O) groups excluding carboxylic acids is 2. The van der Waals surface area contributed by atoms with Crippen LogP contribution in [0.2, 0.25) is 0 Å². The lowest BCUT2D eigenvalue weighted by atomic mass is 10.0. The highest BCUT2D eigenvalue weighted by molar-refractivity contribution is 5.95. The number of nitrogens with one attached hydrogen (secondary N) is 5. The lowest BCUT2D eigenvalue weighted by Crippen LogP contribution is -2.46. The van der Waals surface area contributed by atoms with Crippen LogP contribution in [-0.2, 0) is 11.3 Å². The van der Waals surface area contributed by atoms with E-state index in [1.807, 2.05) is 24.3 Å². The van der Waals surface area contributed by atoms with Crippen molar-refractivity contribution >= 4 is 29.4 Å². The predicted octanol–water partition coefficient (Wildman–Crippen LogP) is 3.56. The van der Waals surface area contributed by atoms with Crippen LogP contribution in [0.1, 0.15) is 41.6 Å². The fourth-order valence-electron chi connectivity index (χ4n) is 4.89. The standard InChI is InChI=1S/C30H35F3N8O4/c31-30(32,33)18-45-29-40-27-36-15-19-5-11-22(12-6-19)44-14-4-2-1-3-13-35-26(43)23-16-34-17-24(23)38-25(42)20-7-9-21(10-8-20)37-28(39-27)41-29/h5-12,23-24,34H,1-4,13-18H2,(H,35,43)(H,38,42)(H2,36,37,39,40,41)/t23-,24-/m0/s1. The average molecular weight is 629 g/mol. The van der Waals surface area contributed by atoms with E-state index in [-0.39, 0.29) is 36.3 Å². The van der Waals surface area contributed by atoms with Crippen molar-refractivity contribution in [2.75, 3.05) is 43.5 Å². The van der Waals surface area contributed by atoms with Gasteiger partial charge in [-0.1, -0.05) is 25.0 Å². The molecule has 1 saturated heterocycles. The fourth-order valence-corrected chi connectivity index (χ4v) is 4.89. The van der Waals surface area contributed by atoms with Gasteiger partial charge in [0, 0.05) is 37.4 Å². The Morgan fingerprint density at radius 3 is 2.40 bits per heavy atom. The molecule has 4 aliphatic heterocycles. The molecule has 0 radical (unpaired) electrons. The molecule has 3 aromatic rings. The zero-order valence-electron chi connectivity index (χ0n) is 24.5. The molecule has 0 unspecified atom stereocenters. The molecule has 240 valence electrons. The molecule has 5 heterocycles. The normalized spacial score (nSPS) is 20.1. The Kier molecular flexibility index (Phi) is 10.5. The van der Waals surface area contributed by atoms with Gasteiger partial charge in [-0.25, -0.2) is 0 Å². The minimum Gasteiger partial charge on any atom is -0.494 e. The van der Waals surface area contributed by atoms with E-state index in [1.165, 1.54) is 0 Å². The first-order valence-corrected chi connectivity index (χ1v) is 14.8. The summed E-state index contributed by atoms with van der Waals surface area (Å²) >= 11 is 0. The monoisotopic (exact) mass is 628 g/mol. The van der Waals surface area contributed by atoms with Crippen LogP contribution in [0.25, 0.3) is 0 Å². The van der Waals surface area contributed by atoms with Crippen LogP contribution in [0.3, 0.4) is 0 Å². The van der Waals surface area contributed by atoms with E-state index in [2.05, 4.69) is 41.5 Å². The van der Waals surface area contributed by atoms with E-state index in [0.717, 1.165) is 37.0 Å². The molecule has 2 aromatic carbocycles. The molecule has 0 saturated carbocycles. The Bertz CT molecular complexity index is 1440. The number of alkyl halides is 3. The van der Waals surface area contributed by atoms with Crippen LogP contribution in [0.15, 0.2) is 48.5 Å². The molecule has 1 fully saturated rings. The number of carbonyl (C=O) groups is 2. The minimum absolute atomic E-state index is 0.00196. The predicted molar refractivity (Wildman–Crippen MR) is 159 cm³/mol. The molecule has 1 aromatic heterocycles. The van der Waals surface area contributed by atoms with Crippen molar-refractivity contribution in [3.05, 3.63) is 59.7 Å². The van der Waals surface area contributed by atoms with Crippen LogP contribution in [0.5, 0.6) is 11.8 Å². The molecule has 5 N–H and O–H groups in total. The van der Waals surface area contributed by atoms with Gasteiger partial charge in [-0.15, -0.1) is 0 Å². The van der Waals surface area contributed by atoms with Crippen molar-refractivity contribution < 1.29 is 32.2 Å². The summed E-state index contributed by atoms with van der Waals surface area (Å²) in [5.74, 6) is -0.168. The number of aromatic nitrogens is 3. The second-order valence-electron chi connectivity index (χ2n) is 10.8. The summed E-state index contributed by atoms with van der Waals surface area (Å²) in [5, 5.41) is 15.0. The number of rotatable bonds is 2. The van der Waals surface area contributed by atoms with Gasteiger partial charge in [0.05, 0.1) is 18.6 Å². The number of ether oxygens (including phenoxy) is 2. The first kappa shape index (κ1) is 31.8. The molecule has 0 spiro atoms. The highest BCUT2D eigenvalue weighted by Crippen LogP contribution is 2.21. The Labute approximate surface area is 257 Å². The van der Waals surface area contributed by atoms with Crippen molar-refractivity contribution in [1.82, 2.24) is 30.9 Å². The lowest BCUT2D eigenvalue weighted by molar-refractivity contribution is -0.154. The van der Waals surface area contributed by atoms with Crippen molar-refractivity contribution in [3.63, 3.8) is 0 Å². The van der Waals surface area contributed by atoms with Gasteiger partial charge >= 0.3 is 12.2 Å². The minimum atomic E-state index is -4.58. The number of nitrogens with zero attached hydrogens (tertiary/aromatic N) is 3. The van der Waals surface area contributed by atoms with Crippen LogP contribution in [-0.4, -0.2) is 71.8 Å². The number of anilines is 3. The largest absolute Gasteiger partial charge is 0.494 e. The molecule has 6 bridgehead atoms. The van der Waals surface area contributed by atoms with Gasteiger partial charge in [-0.3, -0.25) is 9.59 Å². The molecule has 0 aliphatic carbocycles. The van der Waals surface area contributed by atoms with Crippen molar-refractivity contribution in [2.24, 2.45) is 5.92 Å². The van der Waals surface area contributed by atoms with E-state index in [4.69, 9.17) is 9.47 Å². The summed E-state index contributed by atoms with van der Waals surface area (Å²) in [7, 11) is 0. The second kappa shape index (κ2) is 14.9. The molecule has 2 atom stereocenters. The van der Waals surface area contributed by atoms with E-state index >= 15 is 0 Å². The number of fused-ring (bicyclic) bond motifs is 2. The molecule has 15 heteroatoms. The third-order valence-corrected chi connectivity index (χ3v) is 7.26. The van der Waals surface area contributed by atoms with Gasteiger partial charge in [-0.2, -0.15) is 28.1 Å². The van der Waals surface area contributed by atoms with Crippen LogP contribution in [0.4, 0.5) is 30.8 Å². The quantitative estimate of drug-likeness (QED) is 0.285. The highest BCUT2D eigenvalue weighted by Gasteiger charge is 2.34. The molecule has 2 amide bonds. The molecule has 45 heavy (non-hydrogen) atoms. The zero-order valence-corrected chi connectivity index (χ0v) is 24.5. The Morgan fingerprint density at radius 2 is 1.62 bits per heavy atom. The summed E-state index contributed by atoms with van der Waals surface area (Å²) in [4.78, 5) is 38.0. The zero-order chi connectivity index (χ0) is 31.6. The summed E-state index contributed by atoms with van der Waals surface area (Å²) in [5.41, 5.74) is 1.70. The fraction of sp³-hybridized carbons (Fsp3) is 0.433. The smallest absolute Gasteiger partial charge is 0.422 e. The third-order valence-electron chi connectivity index (χ3n) is 7.26. The van der Waals surface area contributed by atoms with Crippen molar-refractivity contribution in [3.8, 4) is 11.8 Å². The maximum absolute atomic E-state index is 13.0. The summed E-state index contributed by atoms with van der Waals surface area (Å²) in [6.45, 7) is 0.775. The average Bonchev–Trinajstić information content (AvgIpc) is 3.48. The molecular weight excluding hydrogens is 593 g/mol. The van der Waals surface area contributed by atoms with E-state index < -0.39 is 24.7 Å². The van der Waals surface area contributed by atoms with Gasteiger partial charge < -0.3 is 36.1 Å². The lowest BCUT2D eigenvalue weighted by Gasteiger charge is -2.20. The number of hydrogen-bond donors (Lipinski definition) is 5. The molecule has 4 aliphatic rings. The maximum Gasteiger partial charge on any atom is 0.422 e. The van der Waals surface area contributed by atoms with Crippen molar-refractivity contribution in [2.45, 2.75) is 44.4 Å². The Hall–Kier alpha value is -4.66. The third kappa shape index (κ3) is 9.66.